The first-order valence-electron chi connectivity index (χ1n) is 7.56. The molecule has 1 atom stereocenters. The van der Waals surface area contributed by atoms with Gasteiger partial charge in [0, 0.05) is 24.7 Å². The molecule has 1 saturated heterocycles. The molecule has 3 rings (SSSR count). The SMILES string of the molecule is Clc1cccc(CN2CCOC(COc3ccccc3)C2)c1. The van der Waals surface area contributed by atoms with Crippen molar-refractivity contribution in [3.05, 3.63) is 65.2 Å². The van der Waals surface area contributed by atoms with Crippen molar-refractivity contribution in [1.29, 1.82) is 0 Å². The first-order valence-corrected chi connectivity index (χ1v) is 7.93. The van der Waals surface area contributed by atoms with Gasteiger partial charge in [0.25, 0.3) is 0 Å². The normalized spacial score (nSPS) is 19.0. The Morgan fingerprint density at radius 3 is 2.82 bits per heavy atom. The molecular formula is C18H20ClNO2. The largest absolute Gasteiger partial charge is 0.491 e. The molecular weight excluding hydrogens is 298 g/mol. The second-order valence-electron chi connectivity index (χ2n) is 5.48. The first kappa shape index (κ1) is 15.3. The van der Waals surface area contributed by atoms with Gasteiger partial charge in [0.15, 0.2) is 0 Å². The molecule has 4 heteroatoms. The van der Waals surface area contributed by atoms with Crippen LogP contribution in [0.2, 0.25) is 5.02 Å². The maximum Gasteiger partial charge on any atom is 0.119 e. The Balaban J connectivity index is 1.51. The number of para-hydroxylation sites is 1. The summed E-state index contributed by atoms with van der Waals surface area (Å²) in [4.78, 5) is 2.38. The van der Waals surface area contributed by atoms with E-state index in [0.29, 0.717) is 6.61 Å². The highest BCUT2D eigenvalue weighted by molar-refractivity contribution is 6.30. The van der Waals surface area contributed by atoms with E-state index in [1.165, 1.54) is 5.56 Å². The van der Waals surface area contributed by atoms with Gasteiger partial charge in [-0.05, 0) is 29.8 Å². The number of hydrogen-bond donors (Lipinski definition) is 0. The fourth-order valence-corrected chi connectivity index (χ4v) is 2.84. The van der Waals surface area contributed by atoms with Gasteiger partial charge in [0.1, 0.15) is 18.5 Å². The third-order valence-electron chi connectivity index (χ3n) is 3.70. The molecule has 1 fully saturated rings. The van der Waals surface area contributed by atoms with E-state index >= 15 is 0 Å². The lowest BCUT2D eigenvalue weighted by Crippen LogP contribution is -2.44. The lowest BCUT2D eigenvalue weighted by molar-refractivity contribution is -0.0504. The Morgan fingerprint density at radius 2 is 2.00 bits per heavy atom. The molecule has 0 bridgehead atoms. The van der Waals surface area contributed by atoms with Gasteiger partial charge in [0.2, 0.25) is 0 Å². The van der Waals surface area contributed by atoms with Crippen LogP contribution < -0.4 is 4.74 Å². The van der Waals surface area contributed by atoms with Gasteiger partial charge >= 0.3 is 0 Å². The third kappa shape index (κ3) is 4.47. The van der Waals surface area contributed by atoms with E-state index in [-0.39, 0.29) is 6.10 Å². The van der Waals surface area contributed by atoms with E-state index in [1.807, 2.05) is 48.5 Å². The van der Waals surface area contributed by atoms with Crippen molar-refractivity contribution in [2.45, 2.75) is 12.6 Å². The van der Waals surface area contributed by atoms with Crippen LogP contribution in [0.3, 0.4) is 0 Å². The average Bonchev–Trinajstić information content (AvgIpc) is 2.54. The lowest BCUT2D eigenvalue weighted by Gasteiger charge is -2.32. The second-order valence-corrected chi connectivity index (χ2v) is 5.92. The Hall–Kier alpha value is -1.55. The number of halogens is 1. The topological polar surface area (TPSA) is 21.7 Å². The van der Waals surface area contributed by atoms with Crippen molar-refractivity contribution >= 4 is 11.6 Å². The van der Waals surface area contributed by atoms with Crippen LogP contribution in [0.15, 0.2) is 54.6 Å². The molecule has 22 heavy (non-hydrogen) atoms. The van der Waals surface area contributed by atoms with E-state index in [1.54, 1.807) is 0 Å². The summed E-state index contributed by atoms with van der Waals surface area (Å²) in [5.74, 6) is 0.887. The number of benzene rings is 2. The van der Waals surface area contributed by atoms with Crippen molar-refractivity contribution < 1.29 is 9.47 Å². The Bertz CT molecular complexity index is 591. The van der Waals surface area contributed by atoms with Crippen molar-refractivity contribution in [2.75, 3.05) is 26.3 Å². The van der Waals surface area contributed by atoms with E-state index < -0.39 is 0 Å². The maximum atomic E-state index is 6.05. The molecule has 0 aromatic heterocycles. The number of ether oxygens (including phenoxy) is 2. The molecule has 2 aromatic rings. The zero-order chi connectivity index (χ0) is 15.2. The fraction of sp³-hybridized carbons (Fsp3) is 0.333. The van der Waals surface area contributed by atoms with Crippen LogP contribution in [-0.4, -0.2) is 37.3 Å². The molecule has 1 heterocycles. The minimum absolute atomic E-state index is 0.105. The summed E-state index contributed by atoms with van der Waals surface area (Å²) in [6.07, 6.45) is 0.105. The van der Waals surface area contributed by atoms with Crippen molar-refractivity contribution in [3.8, 4) is 5.75 Å². The van der Waals surface area contributed by atoms with Crippen molar-refractivity contribution in [2.24, 2.45) is 0 Å². The molecule has 0 aliphatic carbocycles. The fourth-order valence-electron chi connectivity index (χ4n) is 2.62. The van der Waals surface area contributed by atoms with Crippen LogP contribution >= 0.6 is 11.6 Å². The first-order chi connectivity index (χ1) is 10.8. The van der Waals surface area contributed by atoms with Crippen LogP contribution in [-0.2, 0) is 11.3 Å². The molecule has 0 spiro atoms. The summed E-state index contributed by atoms with van der Waals surface area (Å²) in [7, 11) is 0. The van der Waals surface area contributed by atoms with Crippen LogP contribution in [0.5, 0.6) is 5.75 Å². The van der Waals surface area contributed by atoms with Gasteiger partial charge in [-0.25, -0.2) is 0 Å². The molecule has 1 aliphatic heterocycles. The Kier molecular flexibility index (Phi) is 5.33. The quantitative estimate of drug-likeness (QED) is 0.840. The molecule has 3 nitrogen and oxygen atoms in total. The zero-order valence-electron chi connectivity index (χ0n) is 12.5. The van der Waals surface area contributed by atoms with Gasteiger partial charge in [-0.3, -0.25) is 4.90 Å². The maximum absolute atomic E-state index is 6.05. The molecule has 1 unspecified atom stereocenters. The lowest BCUT2D eigenvalue weighted by atomic mass is 10.2. The molecule has 0 saturated carbocycles. The highest BCUT2D eigenvalue weighted by Crippen LogP contribution is 2.16. The summed E-state index contributed by atoms with van der Waals surface area (Å²) in [5, 5.41) is 0.787. The van der Waals surface area contributed by atoms with E-state index in [0.717, 1.165) is 37.0 Å². The highest BCUT2D eigenvalue weighted by atomic mass is 35.5. The molecule has 0 amide bonds. The van der Waals surface area contributed by atoms with Gasteiger partial charge in [-0.2, -0.15) is 0 Å². The standard InChI is InChI=1S/C18H20ClNO2/c19-16-6-4-5-15(11-16)12-20-9-10-21-18(13-20)14-22-17-7-2-1-3-8-17/h1-8,11,18H,9-10,12-14H2. The van der Waals surface area contributed by atoms with Gasteiger partial charge in [0.05, 0.1) is 6.61 Å². The van der Waals surface area contributed by atoms with Crippen LogP contribution in [0, 0.1) is 0 Å². The number of morpholine rings is 1. The Morgan fingerprint density at radius 1 is 1.14 bits per heavy atom. The molecule has 116 valence electrons. The van der Waals surface area contributed by atoms with Gasteiger partial charge in [-0.15, -0.1) is 0 Å². The summed E-state index contributed by atoms with van der Waals surface area (Å²) >= 11 is 6.05. The summed E-state index contributed by atoms with van der Waals surface area (Å²) in [5.41, 5.74) is 1.23. The zero-order valence-corrected chi connectivity index (χ0v) is 13.2. The average molecular weight is 318 g/mol. The number of hydrogen-bond acceptors (Lipinski definition) is 3. The predicted molar refractivity (Wildman–Crippen MR) is 88.4 cm³/mol. The molecule has 0 radical (unpaired) electrons. The summed E-state index contributed by atoms with van der Waals surface area (Å²) in [6.45, 7) is 4.03. The number of nitrogens with zero attached hydrogens (tertiary/aromatic N) is 1. The van der Waals surface area contributed by atoms with Gasteiger partial charge < -0.3 is 9.47 Å². The minimum atomic E-state index is 0.105. The third-order valence-corrected chi connectivity index (χ3v) is 3.93. The molecule has 2 aromatic carbocycles. The molecule has 1 aliphatic rings. The van der Waals surface area contributed by atoms with Crippen LogP contribution in [0.25, 0.3) is 0 Å². The summed E-state index contributed by atoms with van der Waals surface area (Å²) < 4.78 is 11.6. The molecule has 0 N–H and O–H groups in total. The number of rotatable bonds is 5. The van der Waals surface area contributed by atoms with E-state index in [4.69, 9.17) is 21.1 Å². The summed E-state index contributed by atoms with van der Waals surface area (Å²) in [6, 6.07) is 17.9. The van der Waals surface area contributed by atoms with Crippen LogP contribution in [0.1, 0.15) is 5.56 Å². The van der Waals surface area contributed by atoms with Crippen LogP contribution in [0.4, 0.5) is 0 Å². The Labute approximate surface area is 136 Å². The minimum Gasteiger partial charge on any atom is -0.491 e. The van der Waals surface area contributed by atoms with Crippen molar-refractivity contribution in [1.82, 2.24) is 4.90 Å². The second kappa shape index (κ2) is 7.63. The predicted octanol–water partition coefficient (Wildman–Crippen LogP) is 3.62. The van der Waals surface area contributed by atoms with E-state index in [2.05, 4.69) is 11.0 Å². The highest BCUT2D eigenvalue weighted by Gasteiger charge is 2.21. The smallest absolute Gasteiger partial charge is 0.119 e. The van der Waals surface area contributed by atoms with Crippen molar-refractivity contribution in [3.63, 3.8) is 0 Å². The van der Waals surface area contributed by atoms with E-state index in [9.17, 15) is 0 Å². The van der Waals surface area contributed by atoms with Gasteiger partial charge in [-0.1, -0.05) is 41.9 Å². The monoisotopic (exact) mass is 317 g/mol.